The van der Waals surface area contributed by atoms with E-state index in [4.69, 9.17) is 22.6 Å². The Kier molecular flexibility index (Phi) is 8.30. The molecule has 9 heteroatoms. The minimum Gasteiger partial charge on any atom is -0.490 e. The number of likely N-dealkylation sites (tertiary alicyclic amines) is 1. The van der Waals surface area contributed by atoms with Crippen molar-refractivity contribution in [1.29, 1.82) is 0 Å². The molecule has 0 bridgehead atoms. The van der Waals surface area contributed by atoms with E-state index in [0.29, 0.717) is 32.9 Å². The van der Waals surface area contributed by atoms with Crippen LogP contribution in [0.4, 0.5) is 4.79 Å². The summed E-state index contributed by atoms with van der Waals surface area (Å²) >= 11 is -1.63. The van der Waals surface area contributed by atoms with Gasteiger partial charge in [-0.15, -0.1) is 0 Å². The number of carbonyl (C=O) groups is 1. The Hall–Kier alpha value is -2.62. The molecule has 2 heterocycles. The molecular formula is C26H33NO7S. The maximum atomic E-state index is 12.2. The zero-order chi connectivity index (χ0) is 24.8. The third kappa shape index (κ3) is 7.68. The molecule has 2 aliphatic heterocycles. The quantitative estimate of drug-likeness (QED) is 0.562. The van der Waals surface area contributed by atoms with Gasteiger partial charge in [-0.25, -0.2) is 4.79 Å². The maximum Gasteiger partial charge on any atom is 0.410 e. The van der Waals surface area contributed by atoms with Gasteiger partial charge in [-0.1, -0.05) is 24.3 Å². The molecule has 0 atom stereocenters. The van der Waals surface area contributed by atoms with E-state index >= 15 is 0 Å². The molecule has 8 nitrogen and oxygen atoms in total. The molecule has 0 radical (unpaired) electrons. The summed E-state index contributed by atoms with van der Waals surface area (Å²) < 4.78 is 38.7. The van der Waals surface area contributed by atoms with Crippen LogP contribution in [0.2, 0.25) is 0 Å². The van der Waals surface area contributed by atoms with Crippen LogP contribution in [0.15, 0.2) is 48.5 Å². The van der Waals surface area contributed by atoms with Crippen molar-refractivity contribution in [2.45, 2.75) is 57.8 Å². The van der Waals surface area contributed by atoms with Crippen molar-refractivity contribution in [1.82, 2.24) is 4.90 Å². The monoisotopic (exact) mass is 503 g/mol. The van der Waals surface area contributed by atoms with Crippen molar-refractivity contribution >= 4 is 17.5 Å². The molecule has 2 fully saturated rings. The van der Waals surface area contributed by atoms with E-state index in [9.17, 15) is 9.00 Å². The summed E-state index contributed by atoms with van der Waals surface area (Å²) in [5, 5.41) is 0. The van der Waals surface area contributed by atoms with Crippen molar-refractivity contribution in [2.24, 2.45) is 0 Å². The summed E-state index contributed by atoms with van der Waals surface area (Å²) in [5.41, 5.74) is 1.62. The first-order valence-electron chi connectivity index (χ1n) is 11.9. The average molecular weight is 504 g/mol. The number of rotatable bonds is 6. The van der Waals surface area contributed by atoms with Gasteiger partial charge >= 0.3 is 17.5 Å². The third-order valence-corrected chi connectivity index (χ3v) is 6.46. The van der Waals surface area contributed by atoms with Crippen LogP contribution >= 0.6 is 0 Å². The number of benzene rings is 2. The van der Waals surface area contributed by atoms with E-state index in [-0.39, 0.29) is 18.1 Å². The van der Waals surface area contributed by atoms with Gasteiger partial charge in [0.15, 0.2) is 0 Å². The first-order chi connectivity index (χ1) is 16.7. The smallest absolute Gasteiger partial charge is 0.410 e. The fourth-order valence-electron chi connectivity index (χ4n) is 3.89. The predicted octanol–water partition coefficient (Wildman–Crippen LogP) is 4.75. The Labute approximate surface area is 209 Å². The van der Waals surface area contributed by atoms with Gasteiger partial charge in [-0.2, -0.15) is 4.21 Å². The van der Waals surface area contributed by atoms with Gasteiger partial charge < -0.3 is 19.1 Å². The Morgan fingerprint density at radius 1 is 0.971 bits per heavy atom. The summed E-state index contributed by atoms with van der Waals surface area (Å²) in [5.74, 6) is 1.65. The molecule has 0 aromatic heterocycles. The molecule has 0 spiro atoms. The van der Waals surface area contributed by atoms with Gasteiger partial charge in [0.2, 0.25) is 0 Å². The first kappa shape index (κ1) is 25.5. The van der Waals surface area contributed by atoms with Gasteiger partial charge in [-0.05, 0) is 56.2 Å². The van der Waals surface area contributed by atoms with E-state index in [2.05, 4.69) is 0 Å². The standard InChI is InChI=1S/C26H33NO7S/c1-26(2,3)34-25(28)27-14-12-24(13-15-27)33-23-8-4-19(5-9-23)16-30-22-10-6-20(7-11-22)21-17-31-35(29)32-18-21/h4-11,21,24H,12-18H2,1-3H3/t21-,35+. The van der Waals surface area contributed by atoms with Crippen molar-refractivity contribution in [3.8, 4) is 11.5 Å². The summed E-state index contributed by atoms with van der Waals surface area (Å²) in [6.07, 6.45) is 1.37. The SMILES string of the molecule is CC(C)(C)OC(=O)N1CCC(Oc2ccc(COc3ccc([C@H]4CO[S@@](=O)OC4)cc3)cc2)CC1. The average Bonchev–Trinajstić information content (AvgIpc) is 2.84. The van der Waals surface area contributed by atoms with Gasteiger partial charge in [0, 0.05) is 31.8 Å². The normalized spacial score (nSPS) is 21.4. The van der Waals surface area contributed by atoms with Crippen LogP contribution in [0, 0.1) is 0 Å². The highest BCUT2D eigenvalue weighted by molar-refractivity contribution is 7.75. The Balaban J connectivity index is 1.20. The van der Waals surface area contributed by atoms with Crippen LogP contribution < -0.4 is 9.47 Å². The van der Waals surface area contributed by atoms with E-state index in [1.807, 2.05) is 69.3 Å². The molecule has 190 valence electrons. The van der Waals surface area contributed by atoms with Crippen LogP contribution in [-0.2, 0) is 31.1 Å². The van der Waals surface area contributed by atoms with E-state index in [1.54, 1.807) is 4.90 Å². The summed E-state index contributed by atoms with van der Waals surface area (Å²) in [6.45, 7) is 8.09. The number of hydrogen-bond donors (Lipinski definition) is 0. The van der Waals surface area contributed by atoms with Crippen molar-refractivity contribution < 1.29 is 31.6 Å². The number of hydrogen-bond acceptors (Lipinski definition) is 7. The predicted molar refractivity (Wildman–Crippen MR) is 131 cm³/mol. The van der Waals surface area contributed by atoms with E-state index in [0.717, 1.165) is 35.5 Å². The molecule has 2 aromatic carbocycles. The van der Waals surface area contributed by atoms with Crippen molar-refractivity contribution in [3.63, 3.8) is 0 Å². The van der Waals surface area contributed by atoms with Gasteiger partial charge in [0.25, 0.3) is 0 Å². The van der Waals surface area contributed by atoms with Crippen molar-refractivity contribution in [2.75, 3.05) is 26.3 Å². The number of carbonyl (C=O) groups excluding carboxylic acids is 1. The second-order valence-corrected chi connectivity index (χ2v) is 10.6. The van der Waals surface area contributed by atoms with Crippen LogP contribution in [0.3, 0.4) is 0 Å². The van der Waals surface area contributed by atoms with E-state index in [1.165, 1.54) is 0 Å². The second kappa shape index (κ2) is 11.4. The Morgan fingerprint density at radius 3 is 2.17 bits per heavy atom. The fourth-order valence-corrected chi connectivity index (χ4v) is 4.51. The lowest BCUT2D eigenvalue weighted by Crippen LogP contribution is -2.44. The van der Waals surface area contributed by atoms with Crippen LogP contribution in [0.5, 0.6) is 11.5 Å². The molecule has 0 aliphatic carbocycles. The maximum absolute atomic E-state index is 12.2. The lowest BCUT2D eigenvalue weighted by atomic mass is 10.0. The third-order valence-electron chi connectivity index (χ3n) is 5.81. The molecule has 0 N–H and O–H groups in total. The molecular weight excluding hydrogens is 470 g/mol. The zero-order valence-electron chi connectivity index (χ0n) is 20.4. The van der Waals surface area contributed by atoms with E-state index < -0.39 is 17.0 Å². The number of ether oxygens (including phenoxy) is 3. The number of amides is 1. The molecule has 0 unspecified atom stereocenters. The minimum absolute atomic E-state index is 0.0684. The zero-order valence-corrected chi connectivity index (χ0v) is 21.3. The summed E-state index contributed by atoms with van der Waals surface area (Å²) in [7, 11) is 0. The molecule has 4 rings (SSSR count). The first-order valence-corrected chi connectivity index (χ1v) is 12.9. The molecule has 2 aliphatic rings. The Morgan fingerprint density at radius 2 is 1.57 bits per heavy atom. The van der Waals surface area contributed by atoms with Crippen LogP contribution in [-0.4, -0.2) is 53.2 Å². The summed E-state index contributed by atoms with van der Waals surface area (Å²) in [6, 6.07) is 15.7. The Bertz CT molecular complexity index is 986. The largest absolute Gasteiger partial charge is 0.490 e. The highest BCUT2D eigenvalue weighted by Gasteiger charge is 2.27. The van der Waals surface area contributed by atoms with Crippen LogP contribution in [0.1, 0.15) is 50.7 Å². The topological polar surface area (TPSA) is 83.5 Å². The van der Waals surface area contributed by atoms with Crippen molar-refractivity contribution in [3.05, 3.63) is 59.7 Å². The fraction of sp³-hybridized carbons (Fsp3) is 0.500. The highest BCUT2D eigenvalue weighted by Crippen LogP contribution is 2.25. The molecule has 35 heavy (non-hydrogen) atoms. The number of nitrogens with zero attached hydrogens (tertiary/aromatic N) is 1. The second-order valence-electron chi connectivity index (χ2n) is 9.76. The lowest BCUT2D eigenvalue weighted by Gasteiger charge is -2.33. The van der Waals surface area contributed by atoms with Gasteiger partial charge in [0.1, 0.15) is 29.8 Å². The lowest BCUT2D eigenvalue weighted by molar-refractivity contribution is 0.0126. The highest BCUT2D eigenvalue weighted by atomic mass is 32.2. The minimum atomic E-state index is -1.63. The van der Waals surface area contributed by atoms with Gasteiger partial charge in [-0.3, -0.25) is 8.37 Å². The van der Waals surface area contributed by atoms with Gasteiger partial charge in [0.05, 0.1) is 13.2 Å². The van der Waals surface area contributed by atoms with Crippen LogP contribution in [0.25, 0.3) is 0 Å². The molecule has 2 saturated heterocycles. The molecule has 0 saturated carbocycles. The number of piperidine rings is 1. The summed E-state index contributed by atoms with van der Waals surface area (Å²) in [4.78, 5) is 14.0. The molecule has 1 amide bonds. The molecule has 2 aromatic rings.